The van der Waals surface area contributed by atoms with Crippen molar-refractivity contribution in [2.24, 2.45) is 5.92 Å². The molecule has 2 aliphatic rings. The minimum absolute atomic E-state index is 0.0252. The molecule has 19 heavy (non-hydrogen) atoms. The zero-order valence-electron chi connectivity index (χ0n) is 10.5. The number of rotatable bonds is 2. The summed E-state index contributed by atoms with van der Waals surface area (Å²) in [5, 5.41) is 3.33. The lowest BCUT2D eigenvalue weighted by molar-refractivity contribution is -0.131. The van der Waals surface area contributed by atoms with Crippen LogP contribution in [0.25, 0.3) is 0 Å². The van der Waals surface area contributed by atoms with E-state index < -0.39 is 11.6 Å². The van der Waals surface area contributed by atoms with Gasteiger partial charge in [-0.25, -0.2) is 8.78 Å². The van der Waals surface area contributed by atoms with Gasteiger partial charge in [0.05, 0.1) is 5.92 Å². The van der Waals surface area contributed by atoms with Crippen molar-refractivity contribution in [2.75, 3.05) is 13.1 Å². The highest BCUT2D eigenvalue weighted by molar-refractivity contribution is 5.82. The van der Waals surface area contributed by atoms with Gasteiger partial charge in [-0.15, -0.1) is 0 Å². The number of carbonyl (C=O) groups excluding carboxylic acids is 1. The molecule has 1 aromatic rings. The maximum atomic E-state index is 13.6. The molecule has 102 valence electrons. The van der Waals surface area contributed by atoms with Crippen LogP contribution < -0.4 is 5.32 Å². The number of benzene rings is 1. The first-order valence-electron chi connectivity index (χ1n) is 6.61. The molecule has 2 unspecified atom stereocenters. The Morgan fingerprint density at radius 2 is 2.21 bits per heavy atom. The van der Waals surface area contributed by atoms with Crippen molar-refractivity contribution in [1.29, 1.82) is 0 Å². The summed E-state index contributed by atoms with van der Waals surface area (Å²) in [7, 11) is 0. The monoisotopic (exact) mass is 266 g/mol. The van der Waals surface area contributed by atoms with Gasteiger partial charge in [-0.3, -0.25) is 4.79 Å². The van der Waals surface area contributed by atoms with Crippen LogP contribution in [0.2, 0.25) is 0 Å². The number of hydrogen-bond acceptors (Lipinski definition) is 2. The number of piperidine rings is 1. The van der Waals surface area contributed by atoms with Gasteiger partial charge >= 0.3 is 0 Å². The topological polar surface area (TPSA) is 32.3 Å². The zero-order valence-corrected chi connectivity index (χ0v) is 10.5. The molecule has 2 aliphatic heterocycles. The predicted octanol–water partition coefficient (Wildman–Crippen LogP) is 1.68. The minimum Gasteiger partial charge on any atom is -0.336 e. The van der Waals surface area contributed by atoms with Gasteiger partial charge in [0.1, 0.15) is 11.6 Å². The molecular weight excluding hydrogens is 250 g/mol. The Morgan fingerprint density at radius 3 is 2.95 bits per heavy atom. The van der Waals surface area contributed by atoms with Crippen molar-refractivity contribution in [3.63, 3.8) is 0 Å². The van der Waals surface area contributed by atoms with E-state index in [1.165, 1.54) is 12.1 Å². The van der Waals surface area contributed by atoms with Crippen molar-refractivity contribution in [2.45, 2.75) is 25.4 Å². The number of nitrogens with zero attached hydrogens (tertiary/aromatic N) is 1. The SMILES string of the molecule is O=C1C2CCCNC2CN1Cc1ccc(F)cc1F. The number of carbonyl (C=O) groups is 1. The van der Waals surface area contributed by atoms with Crippen molar-refractivity contribution < 1.29 is 13.6 Å². The lowest BCUT2D eigenvalue weighted by atomic mass is 9.94. The first-order valence-corrected chi connectivity index (χ1v) is 6.61. The highest BCUT2D eigenvalue weighted by atomic mass is 19.1. The van der Waals surface area contributed by atoms with E-state index in [2.05, 4.69) is 5.32 Å². The van der Waals surface area contributed by atoms with E-state index >= 15 is 0 Å². The van der Waals surface area contributed by atoms with Crippen LogP contribution >= 0.6 is 0 Å². The second kappa shape index (κ2) is 4.89. The molecule has 2 heterocycles. The summed E-state index contributed by atoms with van der Waals surface area (Å²) >= 11 is 0. The lowest BCUT2D eigenvalue weighted by Crippen LogP contribution is -2.41. The maximum Gasteiger partial charge on any atom is 0.227 e. The van der Waals surface area contributed by atoms with E-state index in [9.17, 15) is 13.6 Å². The highest BCUT2D eigenvalue weighted by Crippen LogP contribution is 2.27. The molecule has 3 nitrogen and oxygen atoms in total. The normalized spacial score (nSPS) is 26.6. The number of likely N-dealkylation sites (tertiary alicyclic amines) is 1. The van der Waals surface area contributed by atoms with Crippen molar-refractivity contribution in [3.05, 3.63) is 35.4 Å². The molecule has 1 aromatic carbocycles. The van der Waals surface area contributed by atoms with Crippen LogP contribution in [-0.4, -0.2) is 29.9 Å². The molecule has 5 heteroatoms. The van der Waals surface area contributed by atoms with Crippen LogP contribution in [0.3, 0.4) is 0 Å². The Morgan fingerprint density at radius 1 is 1.37 bits per heavy atom. The summed E-state index contributed by atoms with van der Waals surface area (Å²) in [4.78, 5) is 13.9. The number of hydrogen-bond donors (Lipinski definition) is 1. The number of amides is 1. The van der Waals surface area contributed by atoms with Crippen molar-refractivity contribution >= 4 is 5.91 Å². The number of fused-ring (bicyclic) bond motifs is 1. The molecule has 1 N–H and O–H groups in total. The van der Waals surface area contributed by atoms with E-state index in [1.807, 2.05) is 0 Å². The molecule has 0 saturated carbocycles. The third kappa shape index (κ3) is 2.34. The molecule has 2 fully saturated rings. The second-order valence-corrected chi connectivity index (χ2v) is 5.26. The molecule has 3 rings (SSSR count). The van der Waals surface area contributed by atoms with Crippen molar-refractivity contribution in [3.8, 4) is 0 Å². The standard InChI is InChI=1S/C14H16F2N2O/c15-10-4-3-9(12(16)6-10)7-18-8-13-11(14(18)19)2-1-5-17-13/h3-4,6,11,13,17H,1-2,5,7-8H2. The molecule has 1 amide bonds. The molecule has 0 spiro atoms. The first-order chi connectivity index (χ1) is 9.15. The van der Waals surface area contributed by atoms with E-state index in [-0.39, 0.29) is 24.4 Å². The second-order valence-electron chi connectivity index (χ2n) is 5.26. The quantitative estimate of drug-likeness (QED) is 0.883. The lowest BCUT2D eigenvalue weighted by Gasteiger charge is -2.23. The van der Waals surface area contributed by atoms with Gasteiger partial charge in [0.25, 0.3) is 0 Å². The summed E-state index contributed by atoms with van der Waals surface area (Å²) in [6, 6.07) is 3.68. The van der Waals surface area contributed by atoms with Gasteiger partial charge in [-0.1, -0.05) is 6.07 Å². The average Bonchev–Trinajstić information content (AvgIpc) is 2.70. The fraction of sp³-hybridized carbons (Fsp3) is 0.500. The summed E-state index contributed by atoms with van der Waals surface area (Å²) in [5.41, 5.74) is 0.369. The summed E-state index contributed by atoms with van der Waals surface area (Å²) in [5.74, 6) is -1.07. The maximum absolute atomic E-state index is 13.6. The van der Waals surface area contributed by atoms with Crippen molar-refractivity contribution in [1.82, 2.24) is 10.2 Å². The summed E-state index contributed by atoms with van der Waals surface area (Å²) in [6.45, 7) is 1.77. The highest BCUT2D eigenvalue weighted by Gasteiger charge is 2.41. The molecule has 0 aromatic heterocycles. The molecular formula is C14H16F2N2O. The average molecular weight is 266 g/mol. The van der Waals surface area contributed by atoms with Gasteiger partial charge in [-0.05, 0) is 25.5 Å². The molecule has 0 bridgehead atoms. The molecule has 2 saturated heterocycles. The van der Waals surface area contributed by atoms with E-state index in [0.717, 1.165) is 25.5 Å². The van der Waals surface area contributed by atoms with E-state index in [4.69, 9.17) is 0 Å². The molecule has 2 atom stereocenters. The fourth-order valence-electron chi connectivity index (χ4n) is 3.00. The van der Waals surface area contributed by atoms with Crippen LogP contribution in [-0.2, 0) is 11.3 Å². The Kier molecular flexibility index (Phi) is 3.22. The fourth-order valence-corrected chi connectivity index (χ4v) is 3.00. The Hall–Kier alpha value is -1.49. The summed E-state index contributed by atoms with van der Waals surface area (Å²) in [6.07, 6.45) is 1.91. The minimum atomic E-state index is -0.593. The zero-order chi connectivity index (χ0) is 13.4. The van der Waals surface area contributed by atoms with E-state index in [1.54, 1.807) is 4.90 Å². The molecule has 0 radical (unpaired) electrons. The van der Waals surface area contributed by atoms with Crippen LogP contribution in [0.15, 0.2) is 18.2 Å². The smallest absolute Gasteiger partial charge is 0.227 e. The Labute approximate surface area is 110 Å². The molecule has 0 aliphatic carbocycles. The summed E-state index contributed by atoms with van der Waals surface area (Å²) < 4.78 is 26.5. The van der Waals surface area contributed by atoms with Gasteiger partial charge < -0.3 is 10.2 Å². The number of nitrogens with one attached hydrogen (secondary N) is 1. The van der Waals surface area contributed by atoms with Gasteiger partial charge in [0, 0.05) is 30.8 Å². The Balaban J connectivity index is 1.75. The van der Waals surface area contributed by atoms with Gasteiger partial charge in [-0.2, -0.15) is 0 Å². The van der Waals surface area contributed by atoms with E-state index in [0.29, 0.717) is 12.1 Å². The van der Waals surface area contributed by atoms with Crippen LogP contribution in [0, 0.1) is 17.6 Å². The van der Waals surface area contributed by atoms with Crippen LogP contribution in [0.5, 0.6) is 0 Å². The van der Waals surface area contributed by atoms with Gasteiger partial charge in [0.15, 0.2) is 0 Å². The number of halogens is 2. The Bertz CT molecular complexity index is 506. The third-order valence-corrected chi connectivity index (χ3v) is 4.01. The first kappa shape index (κ1) is 12.5. The van der Waals surface area contributed by atoms with Crippen LogP contribution in [0.1, 0.15) is 18.4 Å². The predicted molar refractivity (Wildman–Crippen MR) is 66.3 cm³/mol. The largest absolute Gasteiger partial charge is 0.336 e. The van der Waals surface area contributed by atoms with Gasteiger partial charge in [0.2, 0.25) is 5.91 Å². The third-order valence-electron chi connectivity index (χ3n) is 4.01. The van der Waals surface area contributed by atoms with Crippen LogP contribution in [0.4, 0.5) is 8.78 Å².